The molecule has 2 aromatic heterocycles. The minimum absolute atomic E-state index is 0.107. The summed E-state index contributed by atoms with van der Waals surface area (Å²) in [6.45, 7) is 1.73. The van der Waals surface area contributed by atoms with Gasteiger partial charge in [0.05, 0.1) is 22.8 Å². The monoisotopic (exact) mass is 741 g/mol. The zero-order valence-corrected chi connectivity index (χ0v) is 28.2. The van der Waals surface area contributed by atoms with E-state index in [0.29, 0.717) is 61.1 Å². The lowest BCUT2D eigenvalue weighted by Gasteiger charge is -2.35. The molecule has 3 N–H and O–H groups in total. The SMILES string of the molecule is O=C1CCC(NC2CCN(Cc3cccc(S(=O)N4CCC(Nc5ncc(C(F)(F)F)c(-c6cnn(CC(F)(F)F)c6)n5)CC4)c3)CC2)C(=O)N1. The van der Waals surface area contributed by atoms with Crippen LogP contribution in [0.1, 0.15) is 49.7 Å². The summed E-state index contributed by atoms with van der Waals surface area (Å²) in [5, 5.41) is 12.4. The molecule has 0 saturated carbocycles. The van der Waals surface area contributed by atoms with Crippen LogP contribution in [0.3, 0.4) is 0 Å². The Labute approximate surface area is 292 Å². The number of nitrogens with zero attached hydrogens (tertiary/aromatic N) is 6. The van der Waals surface area contributed by atoms with Gasteiger partial charge < -0.3 is 10.6 Å². The van der Waals surface area contributed by atoms with Crippen molar-refractivity contribution in [3.05, 3.63) is 54.0 Å². The smallest absolute Gasteiger partial charge is 0.351 e. The van der Waals surface area contributed by atoms with E-state index in [1.165, 1.54) is 0 Å². The molecular formula is C32H37F6N9O3S. The Morgan fingerprint density at radius 2 is 1.67 bits per heavy atom. The summed E-state index contributed by atoms with van der Waals surface area (Å²) in [5.41, 5.74) is -0.984. The number of amides is 2. The lowest BCUT2D eigenvalue weighted by Crippen LogP contribution is -2.55. The highest BCUT2D eigenvalue weighted by molar-refractivity contribution is 7.82. The fraction of sp³-hybridized carbons (Fsp3) is 0.531. The van der Waals surface area contributed by atoms with Crippen molar-refractivity contribution in [3.8, 4) is 11.3 Å². The van der Waals surface area contributed by atoms with Crippen molar-refractivity contribution in [1.29, 1.82) is 0 Å². The first kappa shape index (κ1) is 36.8. The molecule has 1 aromatic carbocycles. The second-order valence-electron chi connectivity index (χ2n) is 13.0. The Hall–Kier alpha value is -3.94. The Bertz CT molecular complexity index is 1740. The number of rotatable bonds is 10. The second kappa shape index (κ2) is 15.3. The highest BCUT2D eigenvalue weighted by Gasteiger charge is 2.37. The van der Waals surface area contributed by atoms with E-state index in [-0.39, 0.29) is 41.5 Å². The first-order valence-electron chi connectivity index (χ1n) is 16.6. The zero-order valence-electron chi connectivity index (χ0n) is 27.3. The van der Waals surface area contributed by atoms with Gasteiger partial charge in [-0.25, -0.2) is 18.5 Å². The summed E-state index contributed by atoms with van der Waals surface area (Å²) in [5.74, 6) is -0.607. The summed E-state index contributed by atoms with van der Waals surface area (Å²) < 4.78 is 95.5. The van der Waals surface area contributed by atoms with Gasteiger partial charge in [0, 0.05) is 56.1 Å². The van der Waals surface area contributed by atoms with Crippen LogP contribution in [-0.4, -0.2) is 95.5 Å². The molecule has 2 atom stereocenters. The van der Waals surface area contributed by atoms with E-state index in [2.05, 4.69) is 35.9 Å². The van der Waals surface area contributed by atoms with Crippen LogP contribution in [0, 0.1) is 0 Å². The van der Waals surface area contributed by atoms with E-state index in [1.54, 1.807) is 0 Å². The minimum Gasteiger partial charge on any atom is -0.351 e. The number of anilines is 1. The van der Waals surface area contributed by atoms with Gasteiger partial charge in [-0.2, -0.15) is 31.4 Å². The van der Waals surface area contributed by atoms with Gasteiger partial charge in [0.1, 0.15) is 23.1 Å². The number of piperidine rings is 3. The lowest BCUT2D eigenvalue weighted by molar-refractivity contribution is -0.142. The number of likely N-dealkylation sites (tertiary alicyclic amines) is 1. The molecule has 3 fully saturated rings. The number of hydrogen-bond acceptors (Lipinski definition) is 9. The largest absolute Gasteiger partial charge is 0.419 e. The number of alkyl halides is 6. The van der Waals surface area contributed by atoms with Crippen LogP contribution in [-0.2, 0) is 39.8 Å². The average Bonchev–Trinajstić information content (AvgIpc) is 3.53. The van der Waals surface area contributed by atoms with Crippen molar-refractivity contribution in [3.63, 3.8) is 0 Å². The van der Waals surface area contributed by atoms with E-state index < -0.39 is 41.1 Å². The van der Waals surface area contributed by atoms with Crippen molar-refractivity contribution in [2.75, 3.05) is 31.5 Å². The summed E-state index contributed by atoms with van der Waals surface area (Å²) in [7, 11) is -1.44. The molecule has 51 heavy (non-hydrogen) atoms. The number of imide groups is 1. The van der Waals surface area contributed by atoms with Gasteiger partial charge in [0.25, 0.3) is 0 Å². The standard InChI is InChI=1S/C32H37F6N9O3S/c33-31(34,35)19-46-18-21(15-40-46)28-25(32(36,37)38)16-39-30(44-28)42-23-8-12-47(13-9-23)51(50)24-3-1-2-20(14-24)17-45-10-6-22(7-11-45)41-26-4-5-27(48)43-29(26)49/h1-3,14-16,18,22-23,26,41H,4-13,17,19H2,(H,39,42,44)(H,43,48,49). The minimum atomic E-state index is -4.85. The highest BCUT2D eigenvalue weighted by Crippen LogP contribution is 2.36. The third-order valence-electron chi connectivity index (χ3n) is 9.13. The predicted molar refractivity (Wildman–Crippen MR) is 173 cm³/mol. The van der Waals surface area contributed by atoms with Crippen LogP contribution in [0.15, 0.2) is 47.8 Å². The van der Waals surface area contributed by atoms with Crippen molar-refractivity contribution >= 4 is 28.7 Å². The lowest BCUT2D eigenvalue weighted by atomic mass is 10.00. The first-order valence-corrected chi connectivity index (χ1v) is 17.7. The van der Waals surface area contributed by atoms with Crippen LogP contribution < -0.4 is 16.0 Å². The third kappa shape index (κ3) is 9.69. The summed E-state index contributed by atoms with van der Waals surface area (Å²) >= 11 is 0. The molecule has 3 aliphatic heterocycles. The molecular weight excluding hydrogens is 704 g/mol. The van der Waals surface area contributed by atoms with E-state index in [1.807, 2.05) is 28.6 Å². The fourth-order valence-corrected chi connectivity index (χ4v) is 7.83. The van der Waals surface area contributed by atoms with E-state index in [0.717, 1.165) is 43.9 Å². The van der Waals surface area contributed by atoms with E-state index in [9.17, 15) is 40.1 Å². The van der Waals surface area contributed by atoms with Crippen molar-refractivity contribution in [2.45, 2.75) is 87.0 Å². The highest BCUT2D eigenvalue weighted by atomic mass is 32.2. The normalized spacial score (nSPS) is 21.1. The van der Waals surface area contributed by atoms with Gasteiger partial charge in [-0.05, 0) is 62.9 Å². The van der Waals surface area contributed by atoms with Crippen molar-refractivity contribution in [2.24, 2.45) is 0 Å². The molecule has 3 saturated heterocycles. The maximum Gasteiger partial charge on any atom is 0.419 e. The molecule has 276 valence electrons. The number of carbonyl (C=O) groups excluding carboxylic acids is 2. The van der Waals surface area contributed by atoms with Gasteiger partial charge >= 0.3 is 12.4 Å². The molecule has 6 rings (SSSR count). The van der Waals surface area contributed by atoms with Crippen molar-refractivity contribution in [1.82, 2.24) is 39.6 Å². The number of nitrogens with one attached hydrogen (secondary N) is 3. The molecule has 2 unspecified atom stereocenters. The Morgan fingerprint density at radius 3 is 2.35 bits per heavy atom. The number of carbonyl (C=O) groups is 2. The van der Waals surface area contributed by atoms with Crippen molar-refractivity contribution < 1.29 is 40.1 Å². The molecule has 0 bridgehead atoms. The molecule has 19 heteroatoms. The van der Waals surface area contributed by atoms with E-state index >= 15 is 0 Å². The number of aromatic nitrogens is 4. The van der Waals surface area contributed by atoms with Crippen LogP contribution >= 0.6 is 0 Å². The second-order valence-corrected chi connectivity index (χ2v) is 14.4. The fourth-order valence-electron chi connectivity index (χ4n) is 6.54. The summed E-state index contributed by atoms with van der Waals surface area (Å²) in [6.07, 6.45) is -3.53. The van der Waals surface area contributed by atoms with Gasteiger partial charge in [-0.3, -0.25) is 24.5 Å². The van der Waals surface area contributed by atoms with Crippen LogP contribution in [0.2, 0.25) is 0 Å². The van der Waals surface area contributed by atoms with Crippen LogP contribution in [0.25, 0.3) is 11.3 Å². The average molecular weight is 742 g/mol. The van der Waals surface area contributed by atoms with E-state index in [4.69, 9.17) is 0 Å². The quantitative estimate of drug-likeness (QED) is 0.209. The molecule has 5 heterocycles. The third-order valence-corrected chi connectivity index (χ3v) is 10.6. The Morgan fingerprint density at radius 1 is 0.941 bits per heavy atom. The molecule has 0 radical (unpaired) electrons. The summed E-state index contributed by atoms with van der Waals surface area (Å²) in [4.78, 5) is 34.3. The number of halogens is 6. The van der Waals surface area contributed by atoms with Crippen LogP contribution in [0.4, 0.5) is 32.3 Å². The van der Waals surface area contributed by atoms with Crippen LogP contribution in [0.5, 0.6) is 0 Å². The zero-order chi connectivity index (χ0) is 36.3. The van der Waals surface area contributed by atoms with Gasteiger partial charge in [0.2, 0.25) is 17.8 Å². The molecule has 2 amide bonds. The maximum absolute atomic E-state index is 13.7. The molecule has 3 aliphatic rings. The van der Waals surface area contributed by atoms with Gasteiger partial charge in [0.15, 0.2) is 0 Å². The molecule has 0 spiro atoms. The Balaban J connectivity index is 1.01. The number of benzene rings is 1. The molecule has 12 nitrogen and oxygen atoms in total. The number of hydrogen-bond donors (Lipinski definition) is 3. The first-order chi connectivity index (χ1) is 24.2. The maximum atomic E-state index is 13.7. The summed E-state index contributed by atoms with van der Waals surface area (Å²) in [6, 6.07) is 7.21. The topological polar surface area (TPSA) is 137 Å². The van der Waals surface area contributed by atoms with Gasteiger partial charge in [-0.15, -0.1) is 0 Å². The molecule has 0 aliphatic carbocycles. The predicted octanol–water partition coefficient (Wildman–Crippen LogP) is 3.88. The Kier molecular flexibility index (Phi) is 11.1. The molecule has 3 aromatic rings. The van der Waals surface area contributed by atoms with Gasteiger partial charge in [-0.1, -0.05) is 12.1 Å².